The summed E-state index contributed by atoms with van der Waals surface area (Å²) >= 11 is 0. The van der Waals surface area contributed by atoms with Crippen LogP contribution in [0.15, 0.2) is 43.0 Å². The van der Waals surface area contributed by atoms with Crippen molar-refractivity contribution in [3.05, 3.63) is 48.6 Å². The lowest BCUT2D eigenvalue weighted by Crippen LogP contribution is -2.76. The molecule has 1 aromatic carbocycles. The molecule has 154 valence electrons. The number of hydrogen-bond donors (Lipinski definition) is 1. The van der Waals surface area contributed by atoms with Gasteiger partial charge in [-0.2, -0.15) is 0 Å². The number of amides is 1. The van der Waals surface area contributed by atoms with E-state index >= 15 is 0 Å². The molecule has 1 saturated heterocycles. The van der Waals surface area contributed by atoms with Crippen molar-refractivity contribution >= 4 is 20.1 Å². The Hall–Kier alpha value is -1.92. The number of hydrogen-bond acceptors (Lipinski definition) is 4. The summed E-state index contributed by atoms with van der Waals surface area (Å²) in [6.07, 6.45) is 2.06. The highest BCUT2D eigenvalue weighted by molar-refractivity contribution is 6.80. The van der Waals surface area contributed by atoms with E-state index in [1.807, 2.05) is 34.9 Å². The molecule has 1 aromatic rings. The van der Waals surface area contributed by atoms with E-state index < -0.39 is 25.7 Å². The van der Waals surface area contributed by atoms with Crippen molar-refractivity contribution in [2.75, 3.05) is 6.54 Å². The summed E-state index contributed by atoms with van der Waals surface area (Å²) < 4.78 is 7.27. The van der Waals surface area contributed by atoms with Gasteiger partial charge in [-0.15, -0.1) is 6.58 Å². The summed E-state index contributed by atoms with van der Waals surface area (Å²) in [7, 11) is -2.04. The van der Waals surface area contributed by atoms with E-state index in [1.54, 1.807) is 6.08 Å². The fourth-order valence-electron chi connectivity index (χ4n) is 3.29. The molecular weight excluding hydrogens is 370 g/mol. The van der Waals surface area contributed by atoms with Crippen LogP contribution in [0.2, 0.25) is 18.1 Å². The standard InChI is InChI=1S/C22H33NO4Si/c1-7-11-18(19(24)27-15-17-12-9-8-10-13-17)14-22(26)16-23(20(22)25)28(5,6)21(2,3)4/h7-10,12-13,18,26H,1,11,14-16H2,2-6H3/t18-,22-/m0/s1. The maximum absolute atomic E-state index is 12.9. The average Bonchev–Trinajstić information content (AvgIpc) is 2.63. The zero-order valence-electron chi connectivity index (χ0n) is 17.7. The van der Waals surface area contributed by atoms with Gasteiger partial charge in [-0.05, 0) is 17.0 Å². The maximum atomic E-state index is 12.9. The Kier molecular flexibility index (Phi) is 6.56. The zero-order chi connectivity index (χ0) is 21.2. The largest absolute Gasteiger partial charge is 0.461 e. The van der Waals surface area contributed by atoms with Crippen molar-refractivity contribution in [2.24, 2.45) is 5.92 Å². The van der Waals surface area contributed by atoms with Gasteiger partial charge in [-0.1, -0.05) is 70.3 Å². The molecule has 1 amide bonds. The van der Waals surface area contributed by atoms with Gasteiger partial charge >= 0.3 is 5.97 Å². The lowest BCUT2D eigenvalue weighted by Gasteiger charge is -2.56. The SMILES string of the molecule is C=CC[C@@H](C[C@]1(O)CN([Si](C)(C)C(C)(C)C)C1=O)C(=O)OCc1ccccc1. The van der Waals surface area contributed by atoms with Crippen molar-refractivity contribution in [3.8, 4) is 0 Å². The first-order chi connectivity index (χ1) is 12.9. The van der Waals surface area contributed by atoms with E-state index in [0.717, 1.165) is 5.56 Å². The van der Waals surface area contributed by atoms with Gasteiger partial charge in [0.2, 0.25) is 5.91 Å². The van der Waals surface area contributed by atoms with Gasteiger partial charge < -0.3 is 14.4 Å². The summed E-state index contributed by atoms with van der Waals surface area (Å²) in [5.41, 5.74) is -0.592. The van der Waals surface area contributed by atoms with Crippen LogP contribution in [0.5, 0.6) is 0 Å². The normalized spacial score (nSPS) is 21.1. The fourth-order valence-corrected chi connectivity index (χ4v) is 5.47. The number of β-lactam (4-membered cyclic amide) rings is 1. The fraction of sp³-hybridized carbons (Fsp3) is 0.545. The van der Waals surface area contributed by atoms with Crippen molar-refractivity contribution in [2.45, 2.75) is 64.0 Å². The van der Waals surface area contributed by atoms with Gasteiger partial charge in [0.05, 0.1) is 12.5 Å². The molecular formula is C22H33NO4Si. The number of esters is 1. The van der Waals surface area contributed by atoms with Gasteiger partial charge in [0.15, 0.2) is 13.8 Å². The van der Waals surface area contributed by atoms with Crippen LogP contribution < -0.4 is 0 Å². The van der Waals surface area contributed by atoms with Crippen LogP contribution in [0.4, 0.5) is 0 Å². The molecule has 0 saturated carbocycles. The molecule has 0 bridgehead atoms. The highest BCUT2D eigenvalue weighted by Gasteiger charge is 2.59. The number of aliphatic hydroxyl groups is 1. The summed E-state index contributed by atoms with van der Waals surface area (Å²) in [5.74, 6) is -1.25. The van der Waals surface area contributed by atoms with Gasteiger partial charge in [0.25, 0.3) is 0 Å². The van der Waals surface area contributed by atoms with Gasteiger partial charge in [-0.25, -0.2) is 0 Å². The van der Waals surface area contributed by atoms with E-state index in [9.17, 15) is 14.7 Å². The van der Waals surface area contributed by atoms with Crippen molar-refractivity contribution in [3.63, 3.8) is 0 Å². The third-order valence-electron chi connectivity index (χ3n) is 6.17. The first-order valence-corrected chi connectivity index (χ1v) is 12.7. The molecule has 0 radical (unpaired) electrons. The minimum Gasteiger partial charge on any atom is -0.461 e. The molecule has 2 rings (SSSR count). The summed E-state index contributed by atoms with van der Waals surface area (Å²) in [5, 5.41) is 10.9. The van der Waals surface area contributed by atoms with E-state index in [4.69, 9.17) is 4.74 Å². The van der Waals surface area contributed by atoms with E-state index in [0.29, 0.717) is 6.42 Å². The molecule has 1 aliphatic heterocycles. The number of allylic oxidation sites excluding steroid dienone is 1. The van der Waals surface area contributed by atoms with Crippen LogP contribution in [0.25, 0.3) is 0 Å². The molecule has 5 nitrogen and oxygen atoms in total. The van der Waals surface area contributed by atoms with Gasteiger partial charge in [-0.3, -0.25) is 9.59 Å². The zero-order valence-corrected chi connectivity index (χ0v) is 18.7. The number of carbonyl (C=O) groups excluding carboxylic acids is 2. The second-order valence-corrected chi connectivity index (χ2v) is 14.4. The number of ether oxygens (including phenoxy) is 1. The molecule has 0 aromatic heterocycles. The van der Waals surface area contributed by atoms with E-state index in [2.05, 4.69) is 40.4 Å². The minimum absolute atomic E-state index is 0.000871. The molecule has 6 heteroatoms. The Morgan fingerprint density at radius 2 is 1.96 bits per heavy atom. The first kappa shape index (κ1) is 22.4. The Morgan fingerprint density at radius 3 is 2.46 bits per heavy atom. The number of nitrogens with zero attached hydrogens (tertiary/aromatic N) is 1. The van der Waals surface area contributed by atoms with Crippen LogP contribution in [0, 0.1) is 5.92 Å². The molecule has 1 fully saturated rings. The van der Waals surface area contributed by atoms with Crippen LogP contribution in [0.1, 0.15) is 39.2 Å². The van der Waals surface area contributed by atoms with Crippen LogP contribution in [0.3, 0.4) is 0 Å². The topological polar surface area (TPSA) is 66.8 Å². The monoisotopic (exact) mass is 403 g/mol. The summed E-state index contributed by atoms with van der Waals surface area (Å²) in [4.78, 5) is 25.4. The lowest BCUT2D eigenvalue weighted by molar-refractivity contribution is -0.172. The maximum Gasteiger partial charge on any atom is 0.309 e. The molecule has 0 spiro atoms. The smallest absolute Gasteiger partial charge is 0.309 e. The predicted octanol–water partition coefficient (Wildman–Crippen LogP) is 3.89. The number of benzene rings is 1. The van der Waals surface area contributed by atoms with Gasteiger partial charge in [0.1, 0.15) is 6.61 Å². The average molecular weight is 404 g/mol. The lowest BCUT2D eigenvalue weighted by atomic mass is 9.83. The van der Waals surface area contributed by atoms with E-state index in [1.165, 1.54) is 0 Å². The van der Waals surface area contributed by atoms with E-state index in [-0.39, 0.29) is 30.5 Å². The van der Waals surface area contributed by atoms with Crippen LogP contribution in [-0.4, -0.2) is 41.9 Å². The number of rotatable bonds is 8. The summed E-state index contributed by atoms with van der Waals surface area (Å²) in [6, 6.07) is 9.44. The molecule has 0 unspecified atom stereocenters. The first-order valence-electron chi connectivity index (χ1n) is 9.78. The Labute approximate surface area is 169 Å². The Bertz CT molecular complexity index is 726. The number of carbonyl (C=O) groups is 2. The van der Waals surface area contributed by atoms with Crippen LogP contribution >= 0.6 is 0 Å². The third-order valence-corrected chi connectivity index (χ3v) is 11.5. The highest BCUT2D eigenvalue weighted by Crippen LogP contribution is 2.44. The second kappa shape index (κ2) is 8.21. The molecule has 1 N–H and O–H groups in total. The Morgan fingerprint density at radius 1 is 1.36 bits per heavy atom. The van der Waals surface area contributed by atoms with Crippen molar-refractivity contribution < 1.29 is 19.4 Å². The third kappa shape index (κ3) is 4.55. The quantitative estimate of drug-likeness (QED) is 0.309. The number of β-amino-alcohol motifs (C(OH)–C–C–N with tert-alkyl or cyclic N) is 1. The second-order valence-electron chi connectivity index (χ2n) is 9.25. The molecule has 1 aliphatic rings. The summed E-state index contributed by atoms with van der Waals surface area (Å²) in [6.45, 7) is 14.8. The Balaban J connectivity index is 2.02. The minimum atomic E-state index is -2.04. The van der Waals surface area contributed by atoms with Crippen molar-refractivity contribution in [1.82, 2.24) is 4.57 Å². The van der Waals surface area contributed by atoms with Gasteiger partial charge in [0, 0.05) is 6.42 Å². The molecule has 0 aliphatic carbocycles. The molecule has 1 heterocycles. The molecule has 28 heavy (non-hydrogen) atoms. The highest BCUT2D eigenvalue weighted by atomic mass is 28.3. The predicted molar refractivity (Wildman–Crippen MR) is 113 cm³/mol. The van der Waals surface area contributed by atoms with Crippen LogP contribution in [-0.2, 0) is 20.9 Å². The molecule has 2 atom stereocenters. The van der Waals surface area contributed by atoms with Crippen molar-refractivity contribution in [1.29, 1.82) is 0 Å².